The number of nitrogens with one attached hydrogen (secondary N) is 3. The minimum atomic E-state index is -3.96. The van der Waals surface area contributed by atoms with Gasteiger partial charge >= 0.3 is 0 Å². The first-order valence-corrected chi connectivity index (χ1v) is 12.9. The van der Waals surface area contributed by atoms with Crippen LogP contribution >= 0.6 is 0 Å². The van der Waals surface area contributed by atoms with Gasteiger partial charge in [0.25, 0.3) is 0 Å². The Hall–Kier alpha value is -3.46. The van der Waals surface area contributed by atoms with Crippen LogP contribution in [0.5, 0.6) is 0 Å². The summed E-state index contributed by atoms with van der Waals surface area (Å²) < 4.78 is 28.9. The number of rotatable bonds is 10. The molecule has 0 aliphatic carbocycles. The third-order valence-corrected chi connectivity index (χ3v) is 7.42. The maximum absolute atomic E-state index is 13.4. The van der Waals surface area contributed by atoms with E-state index in [4.69, 9.17) is 0 Å². The van der Waals surface area contributed by atoms with Crippen LogP contribution in [0.25, 0.3) is 10.9 Å². The second-order valence-electron chi connectivity index (χ2n) is 8.63. The Morgan fingerprint density at radius 2 is 1.63 bits per heavy atom. The number of H-pyrrole nitrogens is 1. The third kappa shape index (κ3) is 6.16. The van der Waals surface area contributed by atoms with Gasteiger partial charge in [-0.25, -0.2) is 8.42 Å². The SMILES string of the molecule is Cc1ccc(S(=O)(=O)N[C@@H](Cc2c[nH]c3ccccc23)C(=O)N[C@H](CO)Cc2ccccc2)cc1. The second kappa shape index (κ2) is 10.9. The highest BCUT2D eigenvalue weighted by molar-refractivity contribution is 7.89. The number of aryl methyl sites for hydroxylation is 1. The maximum atomic E-state index is 13.4. The van der Waals surface area contributed by atoms with Crippen LogP contribution < -0.4 is 10.0 Å². The van der Waals surface area contributed by atoms with Gasteiger partial charge in [0, 0.05) is 17.1 Å². The largest absolute Gasteiger partial charge is 0.394 e. The summed E-state index contributed by atoms with van der Waals surface area (Å²) in [6.07, 6.45) is 2.36. The lowest BCUT2D eigenvalue weighted by molar-refractivity contribution is -0.123. The van der Waals surface area contributed by atoms with Crippen molar-refractivity contribution in [2.24, 2.45) is 0 Å². The maximum Gasteiger partial charge on any atom is 0.241 e. The molecule has 0 fully saturated rings. The van der Waals surface area contributed by atoms with E-state index in [2.05, 4.69) is 15.0 Å². The van der Waals surface area contributed by atoms with Crippen LogP contribution in [0, 0.1) is 6.92 Å². The molecule has 3 aromatic carbocycles. The number of benzene rings is 3. The first kappa shape index (κ1) is 24.7. The highest BCUT2D eigenvalue weighted by Gasteiger charge is 2.28. The predicted molar refractivity (Wildman–Crippen MR) is 136 cm³/mol. The van der Waals surface area contributed by atoms with Gasteiger partial charge in [-0.15, -0.1) is 0 Å². The Bertz CT molecular complexity index is 1380. The average Bonchev–Trinajstić information content (AvgIpc) is 3.26. The lowest BCUT2D eigenvalue weighted by Gasteiger charge is -2.22. The number of aromatic amines is 1. The fourth-order valence-electron chi connectivity index (χ4n) is 4.04. The van der Waals surface area contributed by atoms with Gasteiger partial charge in [-0.05, 0) is 49.1 Å². The van der Waals surface area contributed by atoms with E-state index in [1.807, 2.05) is 61.5 Å². The number of carbonyl (C=O) groups excluding carboxylic acids is 1. The molecule has 182 valence electrons. The Morgan fingerprint density at radius 3 is 2.34 bits per heavy atom. The van der Waals surface area contributed by atoms with Crippen LogP contribution in [0.3, 0.4) is 0 Å². The topological polar surface area (TPSA) is 111 Å². The van der Waals surface area contributed by atoms with E-state index in [1.165, 1.54) is 12.1 Å². The van der Waals surface area contributed by atoms with Crippen molar-refractivity contribution in [3.05, 3.63) is 102 Å². The number of aromatic nitrogens is 1. The van der Waals surface area contributed by atoms with Crippen LogP contribution in [0.15, 0.2) is 90.0 Å². The number of hydrogen-bond donors (Lipinski definition) is 4. The van der Waals surface area contributed by atoms with Gasteiger partial charge in [-0.2, -0.15) is 4.72 Å². The summed E-state index contributed by atoms with van der Waals surface area (Å²) >= 11 is 0. The van der Waals surface area contributed by atoms with E-state index < -0.39 is 28.0 Å². The summed E-state index contributed by atoms with van der Waals surface area (Å²) in [7, 11) is -3.96. The molecule has 0 unspecified atom stereocenters. The minimum absolute atomic E-state index is 0.0859. The zero-order chi connectivity index (χ0) is 24.8. The first-order valence-electron chi connectivity index (χ1n) is 11.4. The van der Waals surface area contributed by atoms with E-state index in [1.54, 1.807) is 18.3 Å². The van der Waals surface area contributed by atoms with Gasteiger partial charge in [-0.1, -0.05) is 66.2 Å². The molecule has 0 aliphatic rings. The van der Waals surface area contributed by atoms with Crippen LogP contribution in [-0.2, 0) is 27.7 Å². The molecule has 0 saturated carbocycles. The van der Waals surface area contributed by atoms with Crippen LogP contribution in [-0.4, -0.2) is 43.1 Å². The van der Waals surface area contributed by atoms with Gasteiger partial charge in [0.15, 0.2) is 0 Å². The minimum Gasteiger partial charge on any atom is -0.394 e. The third-order valence-electron chi connectivity index (χ3n) is 5.94. The van der Waals surface area contributed by atoms with Crippen LogP contribution in [0.1, 0.15) is 16.7 Å². The number of para-hydroxylation sites is 1. The molecule has 35 heavy (non-hydrogen) atoms. The van der Waals surface area contributed by atoms with E-state index in [9.17, 15) is 18.3 Å². The summed E-state index contributed by atoms with van der Waals surface area (Å²) in [6.45, 7) is 1.60. The van der Waals surface area contributed by atoms with Crippen molar-refractivity contribution in [3.63, 3.8) is 0 Å². The van der Waals surface area contributed by atoms with Gasteiger partial charge in [0.2, 0.25) is 15.9 Å². The summed E-state index contributed by atoms with van der Waals surface area (Å²) in [5.41, 5.74) is 3.61. The summed E-state index contributed by atoms with van der Waals surface area (Å²) in [4.78, 5) is 16.6. The number of fused-ring (bicyclic) bond motifs is 1. The zero-order valence-corrected chi connectivity index (χ0v) is 20.3. The van der Waals surface area contributed by atoms with Crippen molar-refractivity contribution in [1.29, 1.82) is 0 Å². The molecule has 4 N–H and O–H groups in total. The van der Waals surface area contributed by atoms with Crippen molar-refractivity contribution in [2.75, 3.05) is 6.61 Å². The van der Waals surface area contributed by atoms with Gasteiger partial charge in [-0.3, -0.25) is 4.79 Å². The van der Waals surface area contributed by atoms with Gasteiger partial charge in [0.05, 0.1) is 17.5 Å². The first-order chi connectivity index (χ1) is 16.9. The molecule has 4 aromatic rings. The zero-order valence-electron chi connectivity index (χ0n) is 19.4. The molecule has 0 spiro atoms. The molecule has 2 atom stereocenters. The summed E-state index contributed by atoms with van der Waals surface area (Å²) in [6, 6.07) is 22.0. The summed E-state index contributed by atoms with van der Waals surface area (Å²) in [5, 5.41) is 13.6. The van der Waals surface area contributed by atoms with Crippen molar-refractivity contribution in [3.8, 4) is 0 Å². The predicted octanol–water partition coefficient (Wildman–Crippen LogP) is 3.09. The van der Waals surface area contributed by atoms with E-state index in [0.29, 0.717) is 6.42 Å². The number of hydrogen-bond acceptors (Lipinski definition) is 4. The fraction of sp³-hybridized carbons (Fsp3) is 0.222. The number of amides is 1. The Labute approximate surface area is 205 Å². The van der Waals surface area contributed by atoms with E-state index in [0.717, 1.165) is 27.6 Å². The Morgan fingerprint density at radius 1 is 0.943 bits per heavy atom. The van der Waals surface area contributed by atoms with Crippen molar-refractivity contribution < 1.29 is 18.3 Å². The highest BCUT2D eigenvalue weighted by Crippen LogP contribution is 2.20. The molecule has 1 amide bonds. The molecule has 7 nitrogen and oxygen atoms in total. The lowest BCUT2D eigenvalue weighted by atomic mass is 10.0. The molecular weight excluding hydrogens is 462 g/mol. The van der Waals surface area contributed by atoms with E-state index >= 15 is 0 Å². The Kier molecular flexibility index (Phi) is 7.65. The fourth-order valence-corrected chi connectivity index (χ4v) is 5.24. The molecular formula is C27H29N3O4S. The number of aliphatic hydroxyl groups excluding tert-OH is 1. The molecule has 0 radical (unpaired) electrons. The molecule has 0 aliphatic heterocycles. The van der Waals surface area contributed by atoms with Crippen molar-refractivity contribution >= 4 is 26.8 Å². The molecule has 1 heterocycles. The molecule has 4 rings (SSSR count). The monoisotopic (exact) mass is 491 g/mol. The normalized spacial score (nSPS) is 13.4. The van der Waals surface area contributed by atoms with Crippen LogP contribution in [0.4, 0.5) is 0 Å². The standard InChI is InChI=1S/C27H29N3O4S/c1-19-11-13-23(14-12-19)35(33,34)30-26(16-21-17-28-25-10-6-5-9-24(21)25)27(32)29-22(18-31)15-20-7-3-2-4-8-20/h2-14,17,22,26,28,30-31H,15-16,18H2,1H3,(H,29,32)/t22-,26-/m0/s1. The molecule has 1 aromatic heterocycles. The van der Waals surface area contributed by atoms with Gasteiger partial charge in [0.1, 0.15) is 6.04 Å². The second-order valence-corrected chi connectivity index (χ2v) is 10.3. The summed E-state index contributed by atoms with van der Waals surface area (Å²) in [5.74, 6) is -0.499. The Balaban J connectivity index is 1.59. The highest BCUT2D eigenvalue weighted by atomic mass is 32.2. The van der Waals surface area contributed by atoms with Crippen molar-refractivity contribution in [1.82, 2.24) is 15.0 Å². The van der Waals surface area contributed by atoms with Crippen molar-refractivity contribution in [2.45, 2.75) is 36.7 Å². The van der Waals surface area contributed by atoms with Gasteiger partial charge < -0.3 is 15.4 Å². The van der Waals surface area contributed by atoms with Crippen LogP contribution in [0.2, 0.25) is 0 Å². The number of sulfonamides is 1. The number of carbonyl (C=O) groups is 1. The van der Waals surface area contributed by atoms with E-state index in [-0.39, 0.29) is 17.9 Å². The number of aliphatic hydroxyl groups is 1. The molecule has 8 heteroatoms. The molecule has 0 saturated heterocycles. The smallest absolute Gasteiger partial charge is 0.241 e. The lowest BCUT2D eigenvalue weighted by Crippen LogP contribution is -2.51. The molecule has 0 bridgehead atoms. The average molecular weight is 492 g/mol. The quantitative estimate of drug-likeness (QED) is 0.273.